The van der Waals surface area contributed by atoms with Crippen LogP contribution in [0.1, 0.15) is 24.0 Å². The Bertz CT molecular complexity index is 410. The molecule has 16 heavy (non-hydrogen) atoms. The van der Waals surface area contributed by atoms with Crippen molar-refractivity contribution in [1.29, 1.82) is 0 Å². The predicted octanol–water partition coefficient (Wildman–Crippen LogP) is 2.74. The Morgan fingerprint density at radius 1 is 1.50 bits per heavy atom. The van der Waals surface area contributed by atoms with Crippen LogP contribution in [0.2, 0.25) is 5.02 Å². The van der Waals surface area contributed by atoms with E-state index in [0.29, 0.717) is 12.5 Å². The number of rotatable bonds is 0. The van der Waals surface area contributed by atoms with Crippen molar-refractivity contribution >= 4 is 24.0 Å². The number of benzene rings is 1. The zero-order valence-corrected chi connectivity index (χ0v) is 10.7. The number of halogens is 2. The summed E-state index contributed by atoms with van der Waals surface area (Å²) in [6, 6.07) is 6.15. The van der Waals surface area contributed by atoms with Gasteiger partial charge in [-0.1, -0.05) is 23.7 Å². The lowest BCUT2D eigenvalue weighted by molar-refractivity contribution is -0.0517. The summed E-state index contributed by atoms with van der Waals surface area (Å²) < 4.78 is 5.95. The maximum atomic E-state index is 6.18. The van der Waals surface area contributed by atoms with E-state index >= 15 is 0 Å². The van der Waals surface area contributed by atoms with Crippen LogP contribution in [-0.2, 0) is 11.3 Å². The van der Waals surface area contributed by atoms with Crippen LogP contribution < -0.4 is 5.32 Å². The molecule has 88 valence electrons. The Morgan fingerprint density at radius 2 is 2.31 bits per heavy atom. The van der Waals surface area contributed by atoms with Gasteiger partial charge in [-0.3, -0.25) is 0 Å². The van der Waals surface area contributed by atoms with Gasteiger partial charge >= 0.3 is 0 Å². The van der Waals surface area contributed by atoms with Crippen LogP contribution in [0.4, 0.5) is 0 Å². The summed E-state index contributed by atoms with van der Waals surface area (Å²) in [6.45, 7) is 4.75. The molecule has 0 aromatic heterocycles. The molecule has 1 fully saturated rings. The Morgan fingerprint density at radius 3 is 3.12 bits per heavy atom. The highest BCUT2D eigenvalue weighted by Gasteiger charge is 2.44. The van der Waals surface area contributed by atoms with E-state index < -0.39 is 0 Å². The third-order valence-electron chi connectivity index (χ3n) is 3.64. The summed E-state index contributed by atoms with van der Waals surface area (Å²) in [4.78, 5) is 0. The van der Waals surface area contributed by atoms with Gasteiger partial charge in [0.05, 0.1) is 12.2 Å². The van der Waals surface area contributed by atoms with Gasteiger partial charge in [0.25, 0.3) is 0 Å². The molecule has 1 N–H and O–H groups in total. The van der Waals surface area contributed by atoms with E-state index in [9.17, 15) is 0 Å². The van der Waals surface area contributed by atoms with E-state index in [1.165, 1.54) is 11.1 Å². The first-order valence-corrected chi connectivity index (χ1v) is 5.70. The van der Waals surface area contributed by atoms with E-state index in [1.807, 2.05) is 12.1 Å². The molecule has 0 aliphatic carbocycles. The minimum Gasteiger partial charge on any atom is -0.369 e. The highest BCUT2D eigenvalue weighted by Crippen LogP contribution is 2.42. The van der Waals surface area contributed by atoms with Crippen LogP contribution in [0.25, 0.3) is 0 Å². The van der Waals surface area contributed by atoms with Gasteiger partial charge in [-0.15, -0.1) is 12.4 Å². The summed E-state index contributed by atoms with van der Waals surface area (Å²) in [6.07, 6.45) is 0. The largest absolute Gasteiger partial charge is 0.369 e. The summed E-state index contributed by atoms with van der Waals surface area (Å²) in [7, 11) is 0. The first-order chi connectivity index (χ1) is 7.21. The third kappa shape index (κ3) is 1.65. The second-order valence-electron chi connectivity index (χ2n) is 4.59. The normalized spacial score (nSPS) is 31.5. The summed E-state index contributed by atoms with van der Waals surface area (Å²) >= 11 is 6.18. The van der Waals surface area contributed by atoms with Crippen molar-refractivity contribution in [2.75, 3.05) is 13.1 Å². The minimum absolute atomic E-state index is 0. The maximum Gasteiger partial charge on any atom is 0.0863 e. The molecule has 0 saturated carbocycles. The fourth-order valence-corrected chi connectivity index (χ4v) is 2.92. The van der Waals surface area contributed by atoms with Gasteiger partial charge in [0.2, 0.25) is 0 Å². The number of hydrogen-bond acceptors (Lipinski definition) is 2. The topological polar surface area (TPSA) is 21.3 Å². The Hall–Kier alpha value is -0.280. The van der Waals surface area contributed by atoms with E-state index in [4.69, 9.17) is 16.3 Å². The van der Waals surface area contributed by atoms with E-state index in [1.54, 1.807) is 0 Å². The van der Waals surface area contributed by atoms with Gasteiger partial charge in [-0.25, -0.2) is 0 Å². The molecule has 1 aromatic rings. The van der Waals surface area contributed by atoms with Gasteiger partial charge < -0.3 is 10.1 Å². The highest BCUT2D eigenvalue weighted by molar-refractivity contribution is 6.31. The lowest BCUT2D eigenvalue weighted by Gasteiger charge is -2.37. The van der Waals surface area contributed by atoms with Crippen LogP contribution >= 0.6 is 24.0 Å². The molecule has 2 aliphatic heterocycles. The predicted molar refractivity (Wildman–Crippen MR) is 67.5 cm³/mol. The van der Waals surface area contributed by atoms with Crippen molar-refractivity contribution in [2.45, 2.75) is 25.0 Å². The zero-order chi connectivity index (χ0) is 10.5. The van der Waals surface area contributed by atoms with Crippen LogP contribution in [0.5, 0.6) is 0 Å². The molecule has 2 aliphatic rings. The molecule has 0 radical (unpaired) electrons. The quantitative estimate of drug-likeness (QED) is 0.774. The smallest absolute Gasteiger partial charge is 0.0863 e. The number of nitrogens with one attached hydrogen (secondary N) is 1. The van der Waals surface area contributed by atoms with E-state index in [-0.39, 0.29) is 18.0 Å². The average Bonchev–Trinajstić information content (AvgIpc) is 2.60. The minimum atomic E-state index is -0.0440. The van der Waals surface area contributed by atoms with Gasteiger partial charge in [-0.05, 0) is 24.1 Å². The Kier molecular flexibility index (Phi) is 3.19. The number of fused-ring (bicyclic) bond motifs is 3. The lowest BCUT2D eigenvalue weighted by atomic mass is 9.81. The van der Waals surface area contributed by atoms with Gasteiger partial charge in [0.1, 0.15) is 0 Å². The second kappa shape index (κ2) is 4.19. The fourth-order valence-electron chi connectivity index (χ4n) is 2.69. The fraction of sp³-hybridized carbons (Fsp3) is 0.500. The number of hydrogen-bond donors (Lipinski definition) is 1. The van der Waals surface area contributed by atoms with Crippen LogP contribution in [0.3, 0.4) is 0 Å². The van der Waals surface area contributed by atoms with Gasteiger partial charge in [-0.2, -0.15) is 0 Å². The molecule has 4 heteroatoms. The standard InChI is InChI=1S/C12H14ClNO.ClH/c1-12-7-14-5-10(12)8-3-2-4-11(13)9(8)6-15-12;/h2-4,10,14H,5-7H2,1H3;1H/t10-,12-;/m1./s1. The van der Waals surface area contributed by atoms with Crippen LogP contribution in [0, 0.1) is 0 Å². The summed E-state index contributed by atoms with van der Waals surface area (Å²) in [5, 5.41) is 4.23. The number of ether oxygens (including phenoxy) is 1. The molecular formula is C12H15Cl2NO. The van der Waals surface area contributed by atoms with Crippen molar-refractivity contribution in [3.05, 3.63) is 34.3 Å². The molecular weight excluding hydrogens is 245 g/mol. The molecule has 0 unspecified atom stereocenters. The van der Waals surface area contributed by atoms with Crippen LogP contribution in [0.15, 0.2) is 18.2 Å². The lowest BCUT2D eigenvalue weighted by Crippen LogP contribution is -2.39. The van der Waals surface area contributed by atoms with Crippen molar-refractivity contribution in [2.24, 2.45) is 0 Å². The summed E-state index contributed by atoms with van der Waals surface area (Å²) in [5.74, 6) is 0.444. The Balaban J connectivity index is 0.000000963. The van der Waals surface area contributed by atoms with Crippen molar-refractivity contribution in [3.8, 4) is 0 Å². The van der Waals surface area contributed by atoms with Crippen molar-refractivity contribution < 1.29 is 4.74 Å². The van der Waals surface area contributed by atoms with Crippen molar-refractivity contribution in [1.82, 2.24) is 5.32 Å². The average molecular weight is 260 g/mol. The molecule has 1 aromatic carbocycles. The van der Waals surface area contributed by atoms with Gasteiger partial charge in [0.15, 0.2) is 0 Å². The molecule has 2 nitrogen and oxygen atoms in total. The van der Waals surface area contributed by atoms with Crippen LogP contribution in [-0.4, -0.2) is 18.7 Å². The maximum absolute atomic E-state index is 6.18. The summed E-state index contributed by atoms with van der Waals surface area (Å²) in [5.41, 5.74) is 2.49. The molecule has 0 amide bonds. The molecule has 2 heterocycles. The van der Waals surface area contributed by atoms with Gasteiger partial charge in [0, 0.05) is 24.0 Å². The molecule has 0 spiro atoms. The molecule has 2 atom stereocenters. The first-order valence-electron chi connectivity index (χ1n) is 5.33. The SMILES string of the molecule is C[C@@]12CNC[C@@H]1c1cccc(Cl)c1CO2.Cl. The van der Waals surface area contributed by atoms with E-state index in [0.717, 1.165) is 18.1 Å². The zero-order valence-electron chi connectivity index (χ0n) is 9.13. The molecule has 3 rings (SSSR count). The van der Waals surface area contributed by atoms with E-state index in [2.05, 4.69) is 18.3 Å². The molecule has 0 bridgehead atoms. The Labute approximate surface area is 107 Å². The monoisotopic (exact) mass is 259 g/mol. The molecule has 1 saturated heterocycles. The third-order valence-corrected chi connectivity index (χ3v) is 3.99. The second-order valence-corrected chi connectivity index (χ2v) is 5.00. The first kappa shape index (κ1) is 12.2. The van der Waals surface area contributed by atoms with Crippen molar-refractivity contribution in [3.63, 3.8) is 0 Å². The highest BCUT2D eigenvalue weighted by atomic mass is 35.5.